The monoisotopic (exact) mass is 373 g/mol. The van der Waals surface area contributed by atoms with Crippen molar-refractivity contribution in [3.05, 3.63) is 34.6 Å². The second-order valence-electron chi connectivity index (χ2n) is 4.34. The first-order valence-electron chi connectivity index (χ1n) is 5.86. The number of alkyl halides is 1. The van der Waals surface area contributed by atoms with Gasteiger partial charge in [-0.1, -0.05) is 15.9 Å². The van der Waals surface area contributed by atoms with Crippen molar-refractivity contribution in [2.24, 2.45) is 0 Å². The molecule has 116 valence electrons. The third-order valence-electron chi connectivity index (χ3n) is 3.02. The lowest BCUT2D eigenvalue weighted by atomic mass is 10.1. The van der Waals surface area contributed by atoms with Gasteiger partial charge < -0.3 is 9.64 Å². The van der Waals surface area contributed by atoms with Gasteiger partial charge in [0.15, 0.2) is 23.3 Å². The zero-order valence-corrected chi connectivity index (χ0v) is 12.0. The molecule has 1 atom stereocenters. The van der Waals surface area contributed by atoms with Crippen LogP contribution in [-0.4, -0.2) is 41.9 Å². The smallest absolute Gasteiger partial charge is 0.260 e. The lowest BCUT2D eigenvalue weighted by Gasteiger charge is -2.32. The molecule has 3 nitrogen and oxygen atoms in total. The summed E-state index contributed by atoms with van der Waals surface area (Å²) in [7, 11) is 0. The van der Waals surface area contributed by atoms with E-state index in [9.17, 15) is 26.7 Å². The molecule has 0 saturated carbocycles. The van der Waals surface area contributed by atoms with Crippen LogP contribution >= 0.6 is 15.9 Å². The van der Waals surface area contributed by atoms with E-state index in [1.807, 2.05) is 0 Å². The Morgan fingerprint density at radius 3 is 2.14 bits per heavy atom. The Balaban J connectivity index is 2.40. The summed E-state index contributed by atoms with van der Waals surface area (Å²) in [6.07, 6.45) is -0.413. The number of carbonyl (C=O) groups is 1. The zero-order valence-electron chi connectivity index (χ0n) is 10.4. The first-order chi connectivity index (χ1) is 9.88. The topological polar surface area (TPSA) is 29.5 Å². The minimum atomic E-state index is -2.29. The summed E-state index contributed by atoms with van der Waals surface area (Å²) in [5.74, 6) is -12.1. The van der Waals surface area contributed by atoms with Crippen LogP contribution in [0.3, 0.4) is 0 Å². The normalized spacial score (nSPS) is 19.0. The van der Waals surface area contributed by atoms with Crippen molar-refractivity contribution in [3.63, 3.8) is 0 Å². The Morgan fingerprint density at radius 2 is 1.62 bits per heavy atom. The second kappa shape index (κ2) is 6.27. The maximum absolute atomic E-state index is 13.6. The molecular weight excluding hydrogens is 365 g/mol. The number of hydrogen-bond donors (Lipinski definition) is 0. The van der Waals surface area contributed by atoms with Crippen LogP contribution in [0.1, 0.15) is 10.4 Å². The molecule has 21 heavy (non-hydrogen) atoms. The van der Waals surface area contributed by atoms with E-state index in [2.05, 4.69) is 15.9 Å². The third kappa shape index (κ3) is 2.89. The molecule has 0 radical (unpaired) electrons. The minimum absolute atomic E-state index is 0.00181. The van der Waals surface area contributed by atoms with Gasteiger partial charge in [0.2, 0.25) is 5.82 Å². The molecule has 0 N–H and O–H groups in total. The highest BCUT2D eigenvalue weighted by Gasteiger charge is 2.33. The van der Waals surface area contributed by atoms with Gasteiger partial charge in [-0.15, -0.1) is 0 Å². The number of halogens is 6. The Labute approximate surface area is 124 Å². The number of ether oxygens (including phenoxy) is 1. The summed E-state index contributed by atoms with van der Waals surface area (Å²) in [4.78, 5) is 13.0. The van der Waals surface area contributed by atoms with E-state index in [1.54, 1.807) is 0 Å². The maximum atomic E-state index is 13.6. The Kier molecular flexibility index (Phi) is 4.82. The van der Waals surface area contributed by atoms with E-state index >= 15 is 0 Å². The van der Waals surface area contributed by atoms with Gasteiger partial charge in [0.25, 0.3) is 5.91 Å². The van der Waals surface area contributed by atoms with Crippen molar-refractivity contribution >= 4 is 21.8 Å². The van der Waals surface area contributed by atoms with Crippen LogP contribution in [0.4, 0.5) is 22.0 Å². The lowest BCUT2D eigenvalue weighted by Crippen LogP contribution is -2.46. The fraction of sp³-hybridized carbons (Fsp3) is 0.417. The molecule has 0 spiro atoms. The fourth-order valence-corrected chi connectivity index (χ4v) is 2.34. The van der Waals surface area contributed by atoms with Crippen LogP contribution in [0, 0.1) is 29.1 Å². The summed E-state index contributed by atoms with van der Waals surface area (Å²) >= 11 is 3.12. The standard InChI is InChI=1S/C12H9BrF5NO2/c13-3-5-4-19(1-2-21-5)12(20)6-7(14)9(16)11(18)10(17)8(6)15/h5H,1-4H2. The average Bonchev–Trinajstić information content (AvgIpc) is 2.51. The van der Waals surface area contributed by atoms with Crippen LogP contribution < -0.4 is 0 Å². The number of amides is 1. The van der Waals surface area contributed by atoms with Crippen molar-refractivity contribution in [2.45, 2.75) is 6.10 Å². The van der Waals surface area contributed by atoms with Gasteiger partial charge in [-0.2, -0.15) is 0 Å². The molecule has 1 heterocycles. The summed E-state index contributed by atoms with van der Waals surface area (Å²) in [6, 6.07) is 0. The minimum Gasteiger partial charge on any atom is -0.374 e. The summed E-state index contributed by atoms with van der Waals surface area (Å²) in [5, 5.41) is 0.369. The number of carbonyl (C=O) groups excluding carboxylic acids is 1. The van der Waals surface area contributed by atoms with Gasteiger partial charge in [0.05, 0.1) is 12.7 Å². The Morgan fingerprint density at radius 1 is 1.10 bits per heavy atom. The van der Waals surface area contributed by atoms with Crippen molar-refractivity contribution < 1.29 is 31.5 Å². The summed E-state index contributed by atoms with van der Waals surface area (Å²) in [5.41, 5.74) is -1.44. The molecule has 2 rings (SSSR count). The van der Waals surface area contributed by atoms with Crippen LogP contribution in [0.25, 0.3) is 0 Å². The highest BCUT2D eigenvalue weighted by atomic mass is 79.9. The van der Waals surface area contributed by atoms with Gasteiger partial charge >= 0.3 is 0 Å². The highest BCUT2D eigenvalue weighted by Crippen LogP contribution is 2.25. The lowest BCUT2D eigenvalue weighted by molar-refractivity contribution is -0.0101. The predicted molar refractivity (Wildman–Crippen MR) is 65.7 cm³/mol. The van der Waals surface area contributed by atoms with E-state index in [0.717, 1.165) is 4.90 Å². The van der Waals surface area contributed by atoms with Crippen molar-refractivity contribution in [1.29, 1.82) is 0 Å². The van der Waals surface area contributed by atoms with Crippen molar-refractivity contribution in [3.8, 4) is 0 Å². The molecule has 1 amide bonds. The Bertz CT molecular complexity index is 554. The zero-order chi connectivity index (χ0) is 15.7. The second-order valence-corrected chi connectivity index (χ2v) is 4.99. The molecule has 0 bridgehead atoms. The van der Waals surface area contributed by atoms with E-state index < -0.39 is 46.7 Å². The maximum Gasteiger partial charge on any atom is 0.260 e. The SMILES string of the molecule is O=C(c1c(F)c(F)c(F)c(F)c1F)N1CCOC(CBr)C1. The molecule has 1 aliphatic heterocycles. The van der Waals surface area contributed by atoms with Crippen LogP contribution in [0.2, 0.25) is 0 Å². The van der Waals surface area contributed by atoms with E-state index in [-0.39, 0.29) is 19.7 Å². The number of rotatable bonds is 2. The average molecular weight is 374 g/mol. The quantitative estimate of drug-likeness (QED) is 0.345. The molecule has 1 aromatic rings. The van der Waals surface area contributed by atoms with E-state index in [4.69, 9.17) is 4.74 Å². The van der Waals surface area contributed by atoms with E-state index in [0.29, 0.717) is 5.33 Å². The molecule has 0 aliphatic carbocycles. The predicted octanol–water partition coefficient (Wildman–Crippen LogP) is 2.62. The highest BCUT2D eigenvalue weighted by molar-refractivity contribution is 9.09. The fourth-order valence-electron chi connectivity index (χ4n) is 1.95. The number of benzene rings is 1. The Hall–Kier alpha value is -1.22. The number of morpholine rings is 1. The molecular formula is C12H9BrF5NO2. The molecule has 9 heteroatoms. The van der Waals surface area contributed by atoms with Crippen molar-refractivity contribution in [1.82, 2.24) is 4.90 Å². The third-order valence-corrected chi connectivity index (χ3v) is 3.74. The molecule has 1 aromatic carbocycles. The molecule has 1 unspecified atom stereocenters. The van der Waals surface area contributed by atoms with Gasteiger partial charge in [-0.05, 0) is 0 Å². The van der Waals surface area contributed by atoms with Gasteiger partial charge in [-0.3, -0.25) is 4.79 Å². The van der Waals surface area contributed by atoms with Gasteiger partial charge in [0, 0.05) is 18.4 Å². The largest absolute Gasteiger partial charge is 0.374 e. The number of hydrogen-bond acceptors (Lipinski definition) is 2. The molecule has 0 aromatic heterocycles. The van der Waals surface area contributed by atoms with Crippen LogP contribution in [0.15, 0.2) is 0 Å². The van der Waals surface area contributed by atoms with E-state index in [1.165, 1.54) is 0 Å². The number of nitrogens with zero attached hydrogens (tertiary/aromatic N) is 1. The summed E-state index contributed by atoms with van der Waals surface area (Å²) in [6.45, 7) is 0.100. The molecule has 1 aliphatic rings. The first kappa shape index (κ1) is 16.2. The summed E-state index contributed by atoms with van der Waals surface area (Å²) < 4.78 is 71.5. The van der Waals surface area contributed by atoms with Crippen LogP contribution in [0.5, 0.6) is 0 Å². The van der Waals surface area contributed by atoms with Gasteiger partial charge in [-0.25, -0.2) is 22.0 Å². The molecule has 1 saturated heterocycles. The van der Waals surface area contributed by atoms with Crippen LogP contribution in [-0.2, 0) is 4.74 Å². The first-order valence-corrected chi connectivity index (χ1v) is 6.98. The van der Waals surface area contributed by atoms with Crippen molar-refractivity contribution in [2.75, 3.05) is 25.0 Å². The van der Waals surface area contributed by atoms with Gasteiger partial charge in [0.1, 0.15) is 5.56 Å². The molecule has 1 fully saturated rings.